The molecule has 0 spiro atoms. The molecule has 6 aliphatic rings. The van der Waals surface area contributed by atoms with Crippen LogP contribution in [0, 0.1) is 46.3 Å². The molecule has 6 aliphatic carbocycles. The predicted molar refractivity (Wildman–Crippen MR) is 106 cm³/mol. The Morgan fingerprint density at radius 1 is 0.920 bits per heavy atom. The highest BCUT2D eigenvalue weighted by Gasteiger charge is 2.54. The van der Waals surface area contributed by atoms with Gasteiger partial charge in [-0.1, -0.05) is 51.8 Å². The van der Waals surface area contributed by atoms with Crippen molar-refractivity contribution in [3.8, 4) is 0 Å². The second-order valence-corrected chi connectivity index (χ2v) is 12.0. The lowest BCUT2D eigenvalue weighted by molar-refractivity contribution is -0.0315. The zero-order valence-electron chi connectivity index (χ0n) is 17.2. The fourth-order valence-electron chi connectivity index (χ4n) is 8.18. The first-order valence-electron chi connectivity index (χ1n) is 11.2. The smallest absolute Gasteiger partial charge is 0.00737 e. The molecule has 0 heteroatoms. The third-order valence-electron chi connectivity index (χ3n) is 8.96. The van der Waals surface area contributed by atoms with Crippen molar-refractivity contribution in [3.05, 3.63) is 22.8 Å². The largest absolute Gasteiger partial charge is 0.0622 e. The maximum Gasteiger partial charge on any atom is -0.00737 e. The zero-order chi connectivity index (χ0) is 17.6. The van der Waals surface area contributed by atoms with Crippen LogP contribution in [0.4, 0.5) is 0 Å². The molecule has 4 saturated carbocycles. The molecule has 0 radical (unpaired) electrons. The Kier molecular flexibility index (Phi) is 3.50. The van der Waals surface area contributed by atoms with E-state index in [-0.39, 0.29) is 0 Å². The van der Waals surface area contributed by atoms with Gasteiger partial charge in [-0.05, 0) is 103 Å². The normalized spacial score (nSPS) is 45.5. The molecule has 0 N–H and O–H groups in total. The lowest BCUT2D eigenvalue weighted by Crippen LogP contribution is -2.46. The summed E-state index contributed by atoms with van der Waals surface area (Å²) in [5, 5.41) is 0. The van der Waals surface area contributed by atoms with Crippen molar-refractivity contribution in [2.24, 2.45) is 46.3 Å². The summed E-state index contributed by atoms with van der Waals surface area (Å²) in [6, 6.07) is 0. The van der Waals surface area contributed by atoms with Crippen LogP contribution in [-0.2, 0) is 0 Å². The molecule has 0 aliphatic heterocycles. The summed E-state index contributed by atoms with van der Waals surface area (Å²) in [6.45, 7) is 12.4. The number of hydrogen-bond donors (Lipinski definition) is 0. The average molecular weight is 339 g/mol. The Balaban J connectivity index is 1.48. The van der Waals surface area contributed by atoms with Crippen LogP contribution in [0.3, 0.4) is 0 Å². The third kappa shape index (κ3) is 2.45. The minimum Gasteiger partial charge on any atom is -0.0622 e. The number of rotatable bonds is 2. The van der Waals surface area contributed by atoms with E-state index in [2.05, 4.69) is 40.7 Å². The van der Waals surface area contributed by atoms with E-state index in [1.807, 2.05) is 11.1 Å². The molecule has 0 saturated heterocycles. The van der Waals surface area contributed by atoms with Crippen molar-refractivity contribution >= 4 is 0 Å². The van der Waals surface area contributed by atoms with E-state index >= 15 is 0 Å². The molecule has 2 atom stereocenters. The van der Waals surface area contributed by atoms with Gasteiger partial charge in [0.1, 0.15) is 0 Å². The zero-order valence-corrected chi connectivity index (χ0v) is 17.2. The van der Waals surface area contributed by atoms with Crippen LogP contribution in [0.15, 0.2) is 22.8 Å². The van der Waals surface area contributed by atoms with E-state index < -0.39 is 0 Å². The summed E-state index contributed by atoms with van der Waals surface area (Å²) in [5.74, 6) is 5.65. The topological polar surface area (TPSA) is 0 Å². The van der Waals surface area contributed by atoms with Crippen LogP contribution in [-0.4, -0.2) is 0 Å². The Morgan fingerprint density at radius 2 is 1.48 bits per heavy atom. The van der Waals surface area contributed by atoms with E-state index in [9.17, 15) is 0 Å². The third-order valence-corrected chi connectivity index (χ3v) is 8.96. The van der Waals surface area contributed by atoms with E-state index in [1.54, 1.807) is 44.1 Å². The van der Waals surface area contributed by atoms with Crippen molar-refractivity contribution in [3.63, 3.8) is 0 Å². The Morgan fingerprint density at radius 3 is 1.96 bits per heavy atom. The predicted octanol–water partition coefficient (Wildman–Crippen LogP) is 7.17. The number of allylic oxidation sites excluding steroid dienone is 4. The molecule has 138 valence electrons. The molecule has 0 nitrogen and oxygen atoms in total. The SMILES string of the molecule is CC(C)C1CC(C(C)(C)C)C2=C1C=C(C13CC4CC(CC(C4)C1)C3)C2. The van der Waals surface area contributed by atoms with Crippen molar-refractivity contribution in [1.82, 2.24) is 0 Å². The van der Waals surface area contributed by atoms with Gasteiger partial charge in [-0.25, -0.2) is 0 Å². The van der Waals surface area contributed by atoms with Crippen LogP contribution >= 0.6 is 0 Å². The van der Waals surface area contributed by atoms with E-state index in [0.717, 1.165) is 35.5 Å². The van der Waals surface area contributed by atoms with Gasteiger partial charge >= 0.3 is 0 Å². The van der Waals surface area contributed by atoms with E-state index in [0.29, 0.717) is 10.8 Å². The van der Waals surface area contributed by atoms with Crippen LogP contribution < -0.4 is 0 Å². The van der Waals surface area contributed by atoms with E-state index in [1.165, 1.54) is 12.8 Å². The van der Waals surface area contributed by atoms with Crippen LogP contribution in [0.25, 0.3) is 0 Å². The Hall–Kier alpha value is -0.520. The monoisotopic (exact) mass is 338 g/mol. The van der Waals surface area contributed by atoms with Gasteiger partial charge in [-0.2, -0.15) is 0 Å². The molecule has 0 aromatic heterocycles. The Bertz CT molecular complexity index is 600. The van der Waals surface area contributed by atoms with Gasteiger partial charge in [-0.15, -0.1) is 0 Å². The average Bonchev–Trinajstić information content (AvgIpc) is 3.02. The van der Waals surface area contributed by atoms with Gasteiger partial charge in [0.05, 0.1) is 0 Å². The summed E-state index contributed by atoms with van der Waals surface area (Å²) >= 11 is 0. The highest BCUT2D eigenvalue weighted by molar-refractivity contribution is 5.48. The van der Waals surface area contributed by atoms with Crippen molar-refractivity contribution in [2.75, 3.05) is 0 Å². The number of hydrogen-bond acceptors (Lipinski definition) is 0. The van der Waals surface area contributed by atoms with Crippen LogP contribution in [0.5, 0.6) is 0 Å². The second-order valence-electron chi connectivity index (χ2n) is 12.0. The van der Waals surface area contributed by atoms with Gasteiger partial charge in [0.15, 0.2) is 0 Å². The summed E-state index contributed by atoms with van der Waals surface area (Å²) < 4.78 is 0. The molecule has 25 heavy (non-hydrogen) atoms. The summed E-state index contributed by atoms with van der Waals surface area (Å²) in [6.07, 6.45) is 14.9. The first-order chi connectivity index (χ1) is 11.7. The molecule has 6 rings (SSSR count). The maximum atomic E-state index is 2.78. The molecular weight excluding hydrogens is 300 g/mol. The Labute approximate surface area is 155 Å². The minimum absolute atomic E-state index is 0.426. The lowest BCUT2D eigenvalue weighted by atomic mass is 9.47. The first kappa shape index (κ1) is 16.6. The fourth-order valence-corrected chi connectivity index (χ4v) is 8.18. The van der Waals surface area contributed by atoms with Crippen molar-refractivity contribution in [1.29, 1.82) is 0 Å². The van der Waals surface area contributed by atoms with Crippen LogP contribution in [0.2, 0.25) is 0 Å². The van der Waals surface area contributed by atoms with Crippen molar-refractivity contribution < 1.29 is 0 Å². The molecule has 0 heterocycles. The van der Waals surface area contributed by atoms with Gasteiger partial charge in [0.25, 0.3) is 0 Å². The van der Waals surface area contributed by atoms with Gasteiger partial charge in [0.2, 0.25) is 0 Å². The molecular formula is C25H38. The summed E-state index contributed by atoms with van der Waals surface area (Å²) in [5.41, 5.74) is 6.63. The summed E-state index contributed by atoms with van der Waals surface area (Å²) in [4.78, 5) is 0. The molecule has 4 fully saturated rings. The quantitative estimate of drug-likeness (QED) is 0.500. The standard InChI is InChI=1S/C25H38/c1-15(2)20-11-23(24(3,4)5)22-10-19(9-21(20)22)25-12-16-6-17(13-25)8-18(7-16)14-25/h9,15-18,20,23H,6-8,10-14H2,1-5H3. The highest BCUT2D eigenvalue weighted by Crippen LogP contribution is 2.66. The van der Waals surface area contributed by atoms with Crippen LogP contribution in [0.1, 0.15) is 86.0 Å². The summed E-state index contributed by atoms with van der Waals surface area (Å²) in [7, 11) is 0. The minimum atomic E-state index is 0.426. The van der Waals surface area contributed by atoms with E-state index in [4.69, 9.17) is 0 Å². The molecule has 0 aromatic rings. The molecule has 4 bridgehead atoms. The first-order valence-corrected chi connectivity index (χ1v) is 11.2. The lowest BCUT2D eigenvalue weighted by Gasteiger charge is -2.58. The van der Waals surface area contributed by atoms with Gasteiger partial charge in [-0.3, -0.25) is 0 Å². The fraction of sp³-hybridized carbons (Fsp3) is 0.840. The van der Waals surface area contributed by atoms with Crippen molar-refractivity contribution in [2.45, 2.75) is 86.0 Å². The van der Waals surface area contributed by atoms with Gasteiger partial charge in [0, 0.05) is 0 Å². The second kappa shape index (κ2) is 5.26. The molecule has 2 unspecified atom stereocenters. The molecule has 0 amide bonds. The molecule has 0 aromatic carbocycles. The van der Waals surface area contributed by atoms with Gasteiger partial charge < -0.3 is 0 Å². The highest BCUT2D eigenvalue weighted by atomic mass is 14.6. The maximum absolute atomic E-state index is 2.78.